The molecule has 1 heterocycles. The van der Waals surface area contributed by atoms with Crippen LogP contribution in [0.3, 0.4) is 0 Å². The number of rotatable bonds is 7. The minimum Gasteiger partial charge on any atom is -0.350 e. The number of nitrogens with zero attached hydrogens (tertiary/aromatic N) is 4. The number of hydrogen-bond donors (Lipinski definition) is 2. The number of nitrogens with one attached hydrogen (secondary N) is 2. The summed E-state index contributed by atoms with van der Waals surface area (Å²) in [6, 6.07) is 6.92. The van der Waals surface area contributed by atoms with Crippen molar-refractivity contribution in [1.82, 2.24) is 25.5 Å². The molecule has 2 rings (SSSR count). The standard InChI is InChI=1S/C15H20N6O2S/c1-4-10(2)16-14(23)11-5-7-12(8-6-11)17-13(22)9-24-15-18-19-20-21(15)3/h5-8,10H,4,9H2,1-3H3,(H,16,23)(H,17,22). The Kier molecular flexibility index (Phi) is 6.30. The van der Waals surface area contributed by atoms with Gasteiger partial charge in [-0.2, -0.15) is 0 Å². The van der Waals surface area contributed by atoms with E-state index in [9.17, 15) is 9.59 Å². The van der Waals surface area contributed by atoms with Gasteiger partial charge in [-0.05, 0) is 48.0 Å². The zero-order valence-electron chi connectivity index (χ0n) is 13.8. The minimum absolute atomic E-state index is 0.118. The fraction of sp³-hybridized carbons (Fsp3) is 0.400. The maximum atomic E-state index is 12.0. The molecule has 1 atom stereocenters. The molecule has 0 aliphatic rings. The number of aryl methyl sites for hydroxylation is 1. The predicted octanol–water partition coefficient (Wildman–Crippen LogP) is 1.47. The zero-order valence-corrected chi connectivity index (χ0v) is 14.6. The van der Waals surface area contributed by atoms with Crippen molar-refractivity contribution in [3.63, 3.8) is 0 Å². The molecule has 1 unspecified atom stereocenters. The first-order chi connectivity index (χ1) is 11.5. The second kappa shape index (κ2) is 8.44. The number of tetrazole rings is 1. The Labute approximate surface area is 144 Å². The van der Waals surface area contributed by atoms with Crippen LogP contribution >= 0.6 is 11.8 Å². The Balaban J connectivity index is 1.85. The molecular formula is C15H20N6O2S. The molecule has 2 N–H and O–H groups in total. The van der Waals surface area contributed by atoms with Gasteiger partial charge in [-0.15, -0.1) is 5.10 Å². The van der Waals surface area contributed by atoms with E-state index in [-0.39, 0.29) is 23.6 Å². The lowest BCUT2D eigenvalue weighted by Gasteiger charge is -2.11. The lowest BCUT2D eigenvalue weighted by molar-refractivity contribution is -0.113. The highest BCUT2D eigenvalue weighted by Crippen LogP contribution is 2.14. The highest BCUT2D eigenvalue weighted by Gasteiger charge is 2.10. The van der Waals surface area contributed by atoms with Gasteiger partial charge in [-0.3, -0.25) is 9.59 Å². The van der Waals surface area contributed by atoms with Crippen molar-refractivity contribution in [2.24, 2.45) is 7.05 Å². The van der Waals surface area contributed by atoms with E-state index in [0.717, 1.165) is 6.42 Å². The summed E-state index contributed by atoms with van der Waals surface area (Å²) in [5.74, 6) is -0.0860. The van der Waals surface area contributed by atoms with Crippen LogP contribution in [-0.2, 0) is 11.8 Å². The average Bonchev–Trinajstić information content (AvgIpc) is 2.98. The first-order valence-corrected chi connectivity index (χ1v) is 8.54. The van der Waals surface area contributed by atoms with Gasteiger partial charge in [0.2, 0.25) is 11.1 Å². The molecule has 2 aromatic rings. The Morgan fingerprint density at radius 2 is 2.00 bits per heavy atom. The molecule has 0 saturated carbocycles. The number of carbonyl (C=O) groups is 2. The first-order valence-electron chi connectivity index (χ1n) is 7.55. The summed E-state index contributed by atoms with van der Waals surface area (Å²) in [4.78, 5) is 23.9. The van der Waals surface area contributed by atoms with Crippen molar-refractivity contribution in [2.45, 2.75) is 31.5 Å². The molecule has 1 aromatic carbocycles. The molecular weight excluding hydrogens is 328 g/mol. The third-order valence-electron chi connectivity index (χ3n) is 3.33. The summed E-state index contributed by atoms with van der Waals surface area (Å²) in [6.07, 6.45) is 0.874. The van der Waals surface area contributed by atoms with Crippen LogP contribution in [0, 0.1) is 0 Å². The van der Waals surface area contributed by atoms with Crippen LogP contribution in [0.25, 0.3) is 0 Å². The van der Waals surface area contributed by atoms with Crippen LogP contribution in [0.5, 0.6) is 0 Å². The van der Waals surface area contributed by atoms with Crippen LogP contribution in [0.4, 0.5) is 5.69 Å². The Morgan fingerprint density at radius 1 is 1.29 bits per heavy atom. The van der Waals surface area contributed by atoms with Crippen molar-refractivity contribution >= 4 is 29.3 Å². The van der Waals surface area contributed by atoms with Gasteiger partial charge >= 0.3 is 0 Å². The molecule has 1 aromatic heterocycles. The lowest BCUT2D eigenvalue weighted by atomic mass is 10.1. The number of amides is 2. The molecule has 0 spiro atoms. The second-order valence-electron chi connectivity index (χ2n) is 5.28. The smallest absolute Gasteiger partial charge is 0.251 e. The van der Waals surface area contributed by atoms with Crippen molar-refractivity contribution in [2.75, 3.05) is 11.1 Å². The van der Waals surface area contributed by atoms with Crippen LogP contribution in [-0.4, -0.2) is 43.8 Å². The Bertz CT molecular complexity index is 700. The monoisotopic (exact) mass is 348 g/mol. The Morgan fingerprint density at radius 3 is 2.58 bits per heavy atom. The van der Waals surface area contributed by atoms with E-state index in [1.165, 1.54) is 16.4 Å². The van der Waals surface area contributed by atoms with E-state index >= 15 is 0 Å². The minimum atomic E-state index is -0.167. The molecule has 128 valence electrons. The third-order valence-corrected chi connectivity index (χ3v) is 4.34. The molecule has 2 amide bonds. The molecule has 0 saturated heterocycles. The van der Waals surface area contributed by atoms with Gasteiger partial charge in [-0.1, -0.05) is 18.7 Å². The summed E-state index contributed by atoms with van der Waals surface area (Å²) in [5.41, 5.74) is 1.20. The molecule has 0 fully saturated rings. The van der Waals surface area contributed by atoms with Crippen LogP contribution < -0.4 is 10.6 Å². The number of benzene rings is 1. The van der Waals surface area contributed by atoms with Crippen LogP contribution in [0.15, 0.2) is 29.4 Å². The maximum absolute atomic E-state index is 12.0. The number of anilines is 1. The van der Waals surface area contributed by atoms with E-state index in [1.807, 2.05) is 13.8 Å². The molecule has 0 radical (unpaired) electrons. The number of thioether (sulfide) groups is 1. The van der Waals surface area contributed by atoms with Crippen molar-refractivity contribution < 1.29 is 9.59 Å². The van der Waals surface area contributed by atoms with E-state index in [4.69, 9.17) is 0 Å². The van der Waals surface area contributed by atoms with Gasteiger partial charge < -0.3 is 10.6 Å². The molecule has 9 heteroatoms. The quantitative estimate of drug-likeness (QED) is 0.735. The summed E-state index contributed by atoms with van der Waals surface area (Å²) in [5, 5.41) is 17.2. The van der Waals surface area contributed by atoms with Crippen molar-refractivity contribution in [3.8, 4) is 0 Å². The topological polar surface area (TPSA) is 102 Å². The highest BCUT2D eigenvalue weighted by atomic mass is 32.2. The van der Waals surface area contributed by atoms with E-state index in [2.05, 4.69) is 26.2 Å². The summed E-state index contributed by atoms with van der Waals surface area (Å²) in [7, 11) is 1.71. The molecule has 24 heavy (non-hydrogen) atoms. The first kappa shape index (κ1) is 17.9. The molecule has 0 aliphatic carbocycles. The largest absolute Gasteiger partial charge is 0.350 e. The predicted molar refractivity (Wildman–Crippen MR) is 91.8 cm³/mol. The van der Waals surface area contributed by atoms with Crippen molar-refractivity contribution in [3.05, 3.63) is 29.8 Å². The van der Waals surface area contributed by atoms with E-state index in [1.54, 1.807) is 31.3 Å². The summed E-state index contributed by atoms with van der Waals surface area (Å²) in [6.45, 7) is 3.97. The van der Waals surface area contributed by atoms with Crippen LogP contribution in [0.2, 0.25) is 0 Å². The SMILES string of the molecule is CCC(C)NC(=O)c1ccc(NC(=O)CSc2nnnn2C)cc1. The average molecular weight is 348 g/mol. The number of hydrogen-bond acceptors (Lipinski definition) is 6. The normalized spacial score (nSPS) is 11.8. The van der Waals surface area contributed by atoms with E-state index in [0.29, 0.717) is 16.4 Å². The fourth-order valence-electron chi connectivity index (χ4n) is 1.78. The van der Waals surface area contributed by atoms with Gasteiger partial charge in [-0.25, -0.2) is 4.68 Å². The maximum Gasteiger partial charge on any atom is 0.251 e. The van der Waals surface area contributed by atoms with E-state index < -0.39 is 0 Å². The van der Waals surface area contributed by atoms with Gasteiger partial charge in [0.05, 0.1) is 5.75 Å². The third kappa shape index (κ3) is 5.05. The summed E-state index contributed by atoms with van der Waals surface area (Å²) < 4.78 is 1.50. The van der Waals surface area contributed by atoms with Crippen molar-refractivity contribution in [1.29, 1.82) is 0 Å². The molecule has 0 aliphatic heterocycles. The number of aromatic nitrogens is 4. The summed E-state index contributed by atoms with van der Waals surface area (Å²) >= 11 is 1.25. The lowest BCUT2D eigenvalue weighted by Crippen LogP contribution is -2.31. The van der Waals surface area contributed by atoms with Gasteiger partial charge in [0.1, 0.15) is 0 Å². The van der Waals surface area contributed by atoms with Crippen LogP contribution in [0.1, 0.15) is 30.6 Å². The Hall–Kier alpha value is -2.42. The molecule has 8 nitrogen and oxygen atoms in total. The zero-order chi connectivity index (χ0) is 17.5. The second-order valence-corrected chi connectivity index (χ2v) is 6.22. The number of carbonyl (C=O) groups excluding carboxylic acids is 2. The highest BCUT2D eigenvalue weighted by molar-refractivity contribution is 7.99. The van der Waals surface area contributed by atoms with Gasteiger partial charge in [0, 0.05) is 24.3 Å². The van der Waals surface area contributed by atoms with Gasteiger partial charge in [0.25, 0.3) is 5.91 Å². The molecule has 0 bridgehead atoms. The fourth-order valence-corrected chi connectivity index (χ4v) is 2.43. The van der Waals surface area contributed by atoms with Gasteiger partial charge in [0.15, 0.2) is 0 Å².